The number of ether oxygens (including phenoxy) is 1. The number of hydrogen-bond donors (Lipinski definition) is 1. The van der Waals surface area contributed by atoms with Crippen molar-refractivity contribution in [1.82, 2.24) is 9.78 Å². The number of aryl methyl sites for hydroxylation is 2. The zero-order chi connectivity index (χ0) is 13.7. The summed E-state index contributed by atoms with van der Waals surface area (Å²) in [6.45, 7) is 5.63. The van der Waals surface area contributed by atoms with Gasteiger partial charge in [-0.3, -0.25) is 4.68 Å². The number of nitrogens with one attached hydrogen (secondary N) is 1. The number of anilines is 1. The third-order valence-electron chi connectivity index (χ3n) is 2.93. The molecular formula is C15H21N3O. The molecule has 0 aliphatic carbocycles. The Balaban J connectivity index is 2.04. The van der Waals surface area contributed by atoms with Crippen molar-refractivity contribution < 1.29 is 4.74 Å². The van der Waals surface area contributed by atoms with Gasteiger partial charge in [0.05, 0.1) is 18.0 Å². The molecule has 1 aromatic heterocycles. The maximum absolute atomic E-state index is 5.73. The van der Waals surface area contributed by atoms with Crippen molar-refractivity contribution in [2.24, 2.45) is 7.05 Å². The van der Waals surface area contributed by atoms with Crippen LogP contribution in [0.4, 0.5) is 5.69 Å². The van der Waals surface area contributed by atoms with Crippen LogP contribution in [0.2, 0.25) is 0 Å². The lowest BCUT2D eigenvalue weighted by Crippen LogP contribution is -2.03. The van der Waals surface area contributed by atoms with E-state index in [0.717, 1.165) is 36.7 Å². The Morgan fingerprint density at radius 3 is 2.79 bits per heavy atom. The summed E-state index contributed by atoms with van der Waals surface area (Å²) in [6, 6.07) is 8.04. The molecule has 0 atom stereocenters. The van der Waals surface area contributed by atoms with E-state index in [9.17, 15) is 0 Å². The Labute approximate surface area is 114 Å². The van der Waals surface area contributed by atoms with E-state index >= 15 is 0 Å². The third-order valence-corrected chi connectivity index (χ3v) is 2.93. The fraction of sp³-hybridized carbons (Fsp3) is 0.400. The number of para-hydroxylation sites is 2. The van der Waals surface area contributed by atoms with Crippen LogP contribution in [0.1, 0.15) is 24.6 Å². The summed E-state index contributed by atoms with van der Waals surface area (Å²) in [4.78, 5) is 0. The predicted molar refractivity (Wildman–Crippen MR) is 77.5 cm³/mol. The minimum absolute atomic E-state index is 0.741. The van der Waals surface area contributed by atoms with Crippen molar-refractivity contribution in [3.63, 3.8) is 0 Å². The second kappa shape index (κ2) is 6.27. The van der Waals surface area contributed by atoms with Gasteiger partial charge in [0.2, 0.25) is 0 Å². The highest BCUT2D eigenvalue weighted by molar-refractivity contribution is 5.56. The first-order chi connectivity index (χ1) is 9.20. The zero-order valence-corrected chi connectivity index (χ0v) is 11.8. The van der Waals surface area contributed by atoms with E-state index in [0.29, 0.717) is 0 Å². The number of nitrogens with zero attached hydrogens (tertiary/aromatic N) is 2. The average Bonchev–Trinajstić information content (AvgIpc) is 2.73. The van der Waals surface area contributed by atoms with Crippen molar-refractivity contribution >= 4 is 5.69 Å². The molecule has 0 aliphatic heterocycles. The maximum Gasteiger partial charge on any atom is 0.142 e. The second-order valence-corrected chi connectivity index (χ2v) is 4.61. The van der Waals surface area contributed by atoms with E-state index in [1.165, 1.54) is 5.56 Å². The van der Waals surface area contributed by atoms with Crippen molar-refractivity contribution in [3.8, 4) is 5.75 Å². The Hall–Kier alpha value is -1.97. The van der Waals surface area contributed by atoms with E-state index in [2.05, 4.69) is 17.3 Å². The van der Waals surface area contributed by atoms with Gasteiger partial charge in [0.1, 0.15) is 5.75 Å². The van der Waals surface area contributed by atoms with E-state index < -0.39 is 0 Å². The SMILES string of the molecule is CCCOc1ccccc1NCc1cn(C)nc1C. The van der Waals surface area contributed by atoms with Crippen LogP contribution in [0, 0.1) is 6.92 Å². The summed E-state index contributed by atoms with van der Waals surface area (Å²) in [5.74, 6) is 0.908. The quantitative estimate of drug-likeness (QED) is 0.866. The van der Waals surface area contributed by atoms with E-state index in [-0.39, 0.29) is 0 Å². The van der Waals surface area contributed by atoms with Crippen LogP contribution in [0.15, 0.2) is 30.5 Å². The van der Waals surface area contributed by atoms with Crippen LogP contribution >= 0.6 is 0 Å². The molecule has 0 aliphatic rings. The first kappa shape index (κ1) is 13.5. The van der Waals surface area contributed by atoms with Gasteiger partial charge in [0.25, 0.3) is 0 Å². The van der Waals surface area contributed by atoms with Crippen molar-refractivity contribution in [1.29, 1.82) is 0 Å². The van der Waals surface area contributed by atoms with Gasteiger partial charge in [-0.25, -0.2) is 0 Å². The number of rotatable bonds is 6. The highest BCUT2D eigenvalue weighted by Crippen LogP contribution is 2.24. The molecule has 0 bridgehead atoms. The molecule has 1 N–H and O–H groups in total. The van der Waals surface area contributed by atoms with Crippen LogP contribution in [0.25, 0.3) is 0 Å². The van der Waals surface area contributed by atoms with Crippen LogP contribution in [0.3, 0.4) is 0 Å². The summed E-state index contributed by atoms with van der Waals surface area (Å²) in [7, 11) is 1.94. The second-order valence-electron chi connectivity index (χ2n) is 4.61. The van der Waals surface area contributed by atoms with Gasteiger partial charge >= 0.3 is 0 Å². The van der Waals surface area contributed by atoms with Gasteiger partial charge in [-0.2, -0.15) is 5.10 Å². The Bertz CT molecular complexity index is 534. The van der Waals surface area contributed by atoms with Crippen molar-refractivity contribution in [2.75, 3.05) is 11.9 Å². The smallest absolute Gasteiger partial charge is 0.142 e. The topological polar surface area (TPSA) is 39.1 Å². The van der Waals surface area contributed by atoms with Crippen molar-refractivity contribution in [3.05, 3.63) is 41.7 Å². The Morgan fingerprint density at radius 2 is 2.11 bits per heavy atom. The standard InChI is InChI=1S/C15H21N3O/c1-4-9-19-15-8-6-5-7-14(15)16-10-13-11-18(3)17-12(13)2/h5-8,11,16H,4,9-10H2,1-3H3. The summed E-state index contributed by atoms with van der Waals surface area (Å²) < 4.78 is 7.57. The number of benzene rings is 1. The molecule has 2 aromatic rings. The third kappa shape index (κ3) is 3.50. The summed E-state index contributed by atoms with van der Waals surface area (Å²) in [5.41, 5.74) is 3.29. The lowest BCUT2D eigenvalue weighted by atomic mass is 10.2. The lowest BCUT2D eigenvalue weighted by Gasteiger charge is -2.12. The summed E-state index contributed by atoms with van der Waals surface area (Å²) in [5, 5.41) is 7.76. The minimum atomic E-state index is 0.741. The Kier molecular flexibility index (Phi) is 4.44. The molecule has 0 amide bonds. The van der Waals surface area contributed by atoms with Crippen LogP contribution in [-0.2, 0) is 13.6 Å². The zero-order valence-electron chi connectivity index (χ0n) is 11.8. The molecule has 2 rings (SSSR count). The average molecular weight is 259 g/mol. The van der Waals surface area contributed by atoms with E-state index in [1.807, 2.05) is 49.1 Å². The molecule has 4 heteroatoms. The van der Waals surface area contributed by atoms with Crippen LogP contribution in [-0.4, -0.2) is 16.4 Å². The molecule has 19 heavy (non-hydrogen) atoms. The molecule has 4 nitrogen and oxygen atoms in total. The lowest BCUT2D eigenvalue weighted by molar-refractivity contribution is 0.319. The highest BCUT2D eigenvalue weighted by atomic mass is 16.5. The van der Waals surface area contributed by atoms with Gasteiger partial charge < -0.3 is 10.1 Å². The van der Waals surface area contributed by atoms with Crippen LogP contribution in [0.5, 0.6) is 5.75 Å². The highest BCUT2D eigenvalue weighted by Gasteiger charge is 2.05. The van der Waals surface area contributed by atoms with Gasteiger partial charge in [-0.1, -0.05) is 19.1 Å². The number of hydrogen-bond acceptors (Lipinski definition) is 3. The number of aromatic nitrogens is 2. The summed E-state index contributed by atoms with van der Waals surface area (Å²) in [6.07, 6.45) is 3.05. The monoisotopic (exact) mass is 259 g/mol. The first-order valence-electron chi connectivity index (χ1n) is 6.65. The molecule has 0 saturated heterocycles. The summed E-state index contributed by atoms with van der Waals surface area (Å²) >= 11 is 0. The normalized spacial score (nSPS) is 10.5. The van der Waals surface area contributed by atoms with Crippen LogP contribution < -0.4 is 10.1 Å². The molecule has 0 unspecified atom stereocenters. The molecule has 0 saturated carbocycles. The fourth-order valence-corrected chi connectivity index (χ4v) is 1.96. The molecule has 102 valence electrons. The maximum atomic E-state index is 5.73. The van der Waals surface area contributed by atoms with E-state index in [1.54, 1.807) is 0 Å². The van der Waals surface area contributed by atoms with Gasteiger partial charge in [0, 0.05) is 25.4 Å². The molecular weight excluding hydrogens is 238 g/mol. The molecule has 1 heterocycles. The van der Waals surface area contributed by atoms with E-state index in [4.69, 9.17) is 4.74 Å². The largest absolute Gasteiger partial charge is 0.491 e. The molecule has 0 fully saturated rings. The van der Waals surface area contributed by atoms with Crippen molar-refractivity contribution in [2.45, 2.75) is 26.8 Å². The molecule has 1 aromatic carbocycles. The molecule has 0 spiro atoms. The fourth-order valence-electron chi connectivity index (χ4n) is 1.96. The minimum Gasteiger partial charge on any atom is -0.491 e. The predicted octanol–water partition coefficient (Wildman–Crippen LogP) is 3.13. The van der Waals surface area contributed by atoms with Gasteiger partial charge in [-0.05, 0) is 25.5 Å². The molecule has 0 radical (unpaired) electrons. The van der Waals surface area contributed by atoms with Gasteiger partial charge in [0.15, 0.2) is 0 Å². The Morgan fingerprint density at radius 1 is 1.32 bits per heavy atom. The first-order valence-corrected chi connectivity index (χ1v) is 6.65. The van der Waals surface area contributed by atoms with Gasteiger partial charge in [-0.15, -0.1) is 0 Å².